The summed E-state index contributed by atoms with van der Waals surface area (Å²) in [7, 11) is 0. The van der Waals surface area contributed by atoms with E-state index in [9.17, 15) is 4.79 Å². The summed E-state index contributed by atoms with van der Waals surface area (Å²) in [4.78, 5) is 19.6. The first kappa shape index (κ1) is 17.8. The highest BCUT2D eigenvalue weighted by atomic mass is 35.5. The van der Waals surface area contributed by atoms with Crippen LogP contribution >= 0.6 is 11.6 Å². The van der Waals surface area contributed by atoms with Crippen molar-refractivity contribution >= 4 is 17.6 Å². The predicted octanol–water partition coefficient (Wildman–Crippen LogP) is 2.37. The van der Waals surface area contributed by atoms with Crippen LogP contribution in [-0.2, 0) is 11.3 Å². The van der Waals surface area contributed by atoms with E-state index in [4.69, 9.17) is 21.2 Å². The highest BCUT2D eigenvalue weighted by Gasteiger charge is 2.19. The van der Waals surface area contributed by atoms with Gasteiger partial charge in [-0.2, -0.15) is 4.98 Å². The molecule has 1 aromatic heterocycles. The molecule has 3 rings (SSSR count). The van der Waals surface area contributed by atoms with Crippen molar-refractivity contribution in [3.63, 3.8) is 0 Å². The Kier molecular flexibility index (Phi) is 6.01. The van der Waals surface area contributed by atoms with Gasteiger partial charge in [0, 0.05) is 43.2 Å². The lowest BCUT2D eigenvalue weighted by atomic mass is 10.2. The molecule has 0 radical (unpaired) electrons. The molecular weight excluding hydrogens is 344 g/mol. The van der Waals surface area contributed by atoms with Crippen molar-refractivity contribution in [2.24, 2.45) is 0 Å². The molecule has 25 heavy (non-hydrogen) atoms. The average molecular weight is 365 g/mol. The summed E-state index contributed by atoms with van der Waals surface area (Å²) in [6.07, 6.45) is 0.930. The van der Waals surface area contributed by atoms with Gasteiger partial charge in [-0.25, -0.2) is 0 Å². The summed E-state index contributed by atoms with van der Waals surface area (Å²) >= 11 is 5.89. The van der Waals surface area contributed by atoms with E-state index >= 15 is 0 Å². The lowest BCUT2D eigenvalue weighted by Crippen LogP contribution is -2.46. The highest BCUT2D eigenvalue weighted by molar-refractivity contribution is 6.30. The third-order valence-corrected chi connectivity index (χ3v) is 4.51. The van der Waals surface area contributed by atoms with Gasteiger partial charge in [-0.1, -0.05) is 16.8 Å². The first-order valence-corrected chi connectivity index (χ1v) is 8.73. The smallest absolute Gasteiger partial charge is 0.303 e. The number of carboxylic acid groups (broad SMARTS) is 1. The number of nitrogens with zero attached hydrogens (tertiary/aromatic N) is 4. The van der Waals surface area contributed by atoms with Crippen LogP contribution < -0.4 is 0 Å². The third kappa shape index (κ3) is 5.26. The van der Waals surface area contributed by atoms with E-state index in [0.717, 1.165) is 38.3 Å². The summed E-state index contributed by atoms with van der Waals surface area (Å²) in [5, 5.41) is 13.4. The number of carboxylic acids is 1. The summed E-state index contributed by atoms with van der Waals surface area (Å²) in [5.41, 5.74) is 0.877. The highest BCUT2D eigenvalue weighted by Crippen LogP contribution is 2.19. The van der Waals surface area contributed by atoms with Crippen LogP contribution in [0.4, 0.5) is 0 Å². The van der Waals surface area contributed by atoms with E-state index in [2.05, 4.69) is 19.9 Å². The van der Waals surface area contributed by atoms with Gasteiger partial charge in [-0.05, 0) is 37.2 Å². The Bertz CT molecular complexity index is 696. The van der Waals surface area contributed by atoms with Crippen LogP contribution in [0.5, 0.6) is 0 Å². The molecule has 2 heterocycles. The Balaban J connectivity index is 1.46. The van der Waals surface area contributed by atoms with Crippen molar-refractivity contribution in [1.29, 1.82) is 0 Å². The molecule has 1 saturated heterocycles. The third-order valence-electron chi connectivity index (χ3n) is 4.26. The van der Waals surface area contributed by atoms with Crippen molar-refractivity contribution in [1.82, 2.24) is 19.9 Å². The van der Waals surface area contributed by atoms with Gasteiger partial charge in [0.2, 0.25) is 11.7 Å². The molecular formula is C17H21ClN4O3. The molecule has 1 aliphatic heterocycles. The molecule has 0 bridgehead atoms. The monoisotopic (exact) mass is 364 g/mol. The van der Waals surface area contributed by atoms with E-state index in [1.54, 1.807) is 12.1 Å². The van der Waals surface area contributed by atoms with Crippen LogP contribution in [0.1, 0.15) is 18.7 Å². The minimum Gasteiger partial charge on any atom is -0.481 e. The lowest BCUT2D eigenvalue weighted by molar-refractivity contribution is -0.137. The number of hydrogen-bond acceptors (Lipinski definition) is 6. The summed E-state index contributed by atoms with van der Waals surface area (Å²) in [5.74, 6) is 0.440. The van der Waals surface area contributed by atoms with Gasteiger partial charge in [-0.15, -0.1) is 0 Å². The van der Waals surface area contributed by atoms with Crippen LogP contribution in [0.2, 0.25) is 5.02 Å². The quantitative estimate of drug-likeness (QED) is 0.807. The van der Waals surface area contributed by atoms with Gasteiger partial charge in [0.1, 0.15) is 0 Å². The zero-order chi connectivity index (χ0) is 17.6. The molecule has 8 heteroatoms. The van der Waals surface area contributed by atoms with Crippen LogP contribution in [-0.4, -0.2) is 63.7 Å². The molecule has 134 valence electrons. The van der Waals surface area contributed by atoms with Gasteiger partial charge in [0.05, 0.1) is 6.54 Å². The van der Waals surface area contributed by atoms with E-state index in [0.29, 0.717) is 29.7 Å². The Labute approximate surface area is 151 Å². The molecule has 1 N–H and O–H groups in total. The molecule has 0 spiro atoms. The van der Waals surface area contributed by atoms with E-state index in [-0.39, 0.29) is 6.42 Å². The second-order valence-corrected chi connectivity index (χ2v) is 6.57. The van der Waals surface area contributed by atoms with E-state index in [1.807, 2.05) is 12.1 Å². The number of rotatable bonds is 7. The van der Waals surface area contributed by atoms with Gasteiger partial charge >= 0.3 is 5.97 Å². The Hall–Kier alpha value is -1.96. The molecule has 2 aromatic rings. The molecule has 7 nitrogen and oxygen atoms in total. The molecule has 1 aromatic carbocycles. The molecule has 0 aliphatic carbocycles. The van der Waals surface area contributed by atoms with Crippen molar-refractivity contribution in [2.45, 2.75) is 19.4 Å². The predicted molar refractivity (Wildman–Crippen MR) is 93.3 cm³/mol. The maximum absolute atomic E-state index is 10.6. The second kappa shape index (κ2) is 8.42. The normalized spacial score (nSPS) is 16.2. The van der Waals surface area contributed by atoms with E-state index in [1.165, 1.54) is 0 Å². The SMILES string of the molecule is O=C(O)CCCN1CCN(Cc2nc(-c3ccc(Cl)cc3)no2)CC1. The standard InChI is InChI=1S/C17H21ClN4O3/c18-14-5-3-13(4-6-14)17-19-15(25-20-17)12-22-10-8-21(9-11-22)7-1-2-16(23)24/h3-6H,1-2,7-12H2,(H,23,24). The average Bonchev–Trinajstić information content (AvgIpc) is 3.05. The van der Waals surface area contributed by atoms with E-state index < -0.39 is 5.97 Å². The van der Waals surface area contributed by atoms with Gasteiger partial charge in [0.25, 0.3) is 0 Å². The van der Waals surface area contributed by atoms with Gasteiger partial charge < -0.3 is 14.5 Å². The lowest BCUT2D eigenvalue weighted by Gasteiger charge is -2.33. The minimum atomic E-state index is -0.730. The number of aromatic nitrogens is 2. The zero-order valence-electron chi connectivity index (χ0n) is 13.9. The zero-order valence-corrected chi connectivity index (χ0v) is 14.7. The fourth-order valence-electron chi connectivity index (χ4n) is 2.85. The number of carbonyl (C=O) groups is 1. The Morgan fingerprint density at radius 2 is 1.84 bits per heavy atom. The maximum atomic E-state index is 10.6. The first-order valence-electron chi connectivity index (χ1n) is 8.35. The molecule has 0 atom stereocenters. The second-order valence-electron chi connectivity index (χ2n) is 6.13. The fraction of sp³-hybridized carbons (Fsp3) is 0.471. The summed E-state index contributed by atoms with van der Waals surface area (Å²) in [6, 6.07) is 7.34. The van der Waals surface area contributed by atoms with Crippen molar-refractivity contribution in [2.75, 3.05) is 32.7 Å². The molecule has 1 aliphatic rings. The number of benzene rings is 1. The maximum Gasteiger partial charge on any atom is 0.303 e. The minimum absolute atomic E-state index is 0.232. The topological polar surface area (TPSA) is 82.7 Å². The summed E-state index contributed by atoms with van der Waals surface area (Å²) in [6.45, 7) is 5.14. The molecule has 0 amide bonds. The number of piperazine rings is 1. The van der Waals surface area contributed by atoms with Crippen molar-refractivity contribution in [3.8, 4) is 11.4 Å². The summed E-state index contributed by atoms with van der Waals surface area (Å²) < 4.78 is 5.36. The van der Waals surface area contributed by atoms with Crippen LogP contribution in [0, 0.1) is 0 Å². The first-order chi connectivity index (χ1) is 12.1. The number of hydrogen-bond donors (Lipinski definition) is 1. The Morgan fingerprint density at radius 1 is 1.16 bits per heavy atom. The molecule has 0 unspecified atom stereocenters. The van der Waals surface area contributed by atoms with Crippen LogP contribution in [0.25, 0.3) is 11.4 Å². The molecule has 0 saturated carbocycles. The van der Waals surface area contributed by atoms with Crippen LogP contribution in [0.15, 0.2) is 28.8 Å². The molecule has 1 fully saturated rings. The van der Waals surface area contributed by atoms with Crippen molar-refractivity contribution in [3.05, 3.63) is 35.2 Å². The van der Waals surface area contributed by atoms with Gasteiger partial charge in [-0.3, -0.25) is 9.69 Å². The Morgan fingerprint density at radius 3 is 2.52 bits per heavy atom. The van der Waals surface area contributed by atoms with Crippen LogP contribution in [0.3, 0.4) is 0 Å². The number of aliphatic carboxylic acids is 1. The fourth-order valence-corrected chi connectivity index (χ4v) is 2.98. The largest absolute Gasteiger partial charge is 0.481 e. The van der Waals surface area contributed by atoms with Crippen molar-refractivity contribution < 1.29 is 14.4 Å². The van der Waals surface area contributed by atoms with Gasteiger partial charge in [0.15, 0.2) is 0 Å². The number of halogens is 1.